The maximum absolute atomic E-state index is 12.9. The Morgan fingerprint density at radius 3 is 2.27 bits per heavy atom. The Kier molecular flexibility index (Phi) is 8.93. The molecular formula is C34H33F3N4O3S. The highest BCUT2D eigenvalue weighted by atomic mass is 32.2. The Morgan fingerprint density at radius 2 is 1.69 bits per heavy atom. The molecule has 0 fully saturated rings. The van der Waals surface area contributed by atoms with Crippen molar-refractivity contribution < 1.29 is 27.8 Å². The van der Waals surface area contributed by atoms with Gasteiger partial charge in [-0.15, -0.1) is 11.8 Å². The number of carboxylic acids is 1. The number of carbonyl (C=O) groups is 1. The summed E-state index contributed by atoms with van der Waals surface area (Å²) in [6.45, 7) is 10.3. The number of aryl methyl sites for hydroxylation is 2. The standard InChI is InChI=1S/C34H33F3N4O3S/c1-19-15-39-24(17-38-19)18-44-28-13-12-27-29(20(28)2)31(45-33(3,4)5)30(41-27)25(32(42)43)14-21-6-8-22(9-7-21)26-11-10-23(16-40-26)34(35,36)37/h6-13,15-17,25,41H,14,18H2,1-5H3,(H,42,43). The van der Waals surface area contributed by atoms with E-state index in [1.54, 1.807) is 48.4 Å². The Morgan fingerprint density at radius 1 is 0.956 bits per heavy atom. The lowest BCUT2D eigenvalue weighted by Gasteiger charge is -2.21. The van der Waals surface area contributed by atoms with Gasteiger partial charge in [-0.1, -0.05) is 45.0 Å². The molecule has 1 atom stereocenters. The molecule has 3 heterocycles. The zero-order chi connectivity index (χ0) is 32.5. The number of H-pyrrole nitrogens is 1. The Hall–Kier alpha value is -4.38. The predicted octanol–water partition coefficient (Wildman–Crippen LogP) is 8.54. The summed E-state index contributed by atoms with van der Waals surface area (Å²) < 4.78 is 44.7. The number of benzene rings is 2. The van der Waals surface area contributed by atoms with Crippen LogP contribution in [-0.2, 0) is 24.0 Å². The lowest BCUT2D eigenvalue weighted by molar-refractivity contribution is -0.139. The summed E-state index contributed by atoms with van der Waals surface area (Å²) in [5, 5.41) is 11.4. The Bertz CT molecular complexity index is 1810. The van der Waals surface area contributed by atoms with E-state index in [4.69, 9.17) is 4.74 Å². The molecule has 0 amide bonds. The number of halogens is 3. The van der Waals surface area contributed by atoms with Crippen LogP contribution < -0.4 is 4.74 Å². The summed E-state index contributed by atoms with van der Waals surface area (Å²) in [7, 11) is 0. The molecule has 0 bridgehead atoms. The third-order valence-electron chi connectivity index (χ3n) is 7.20. The molecule has 5 aromatic rings. The van der Waals surface area contributed by atoms with Gasteiger partial charge in [-0.25, -0.2) is 0 Å². The lowest BCUT2D eigenvalue weighted by Crippen LogP contribution is -2.17. The second kappa shape index (κ2) is 12.5. The molecule has 0 saturated carbocycles. The number of ether oxygens (including phenoxy) is 1. The van der Waals surface area contributed by atoms with Crippen molar-refractivity contribution in [2.45, 2.75) is 69.4 Å². The fourth-order valence-electron chi connectivity index (χ4n) is 4.98. The largest absolute Gasteiger partial charge is 0.487 e. The van der Waals surface area contributed by atoms with Crippen LogP contribution in [0.15, 0.2) is 72.0 Å². The third-order valence-corrected chi connectivity index (χ3v) is 8.44. The summed E-state index contributed by atoms with van der Waals surface area (Å²) in [6.07, 6.45) is -0.0745. The van der Waals surface area contributed by atoms with E-state index in [1.165, 1.54) is 6.07 Å². The molecule has 1 unspecified atom stereocenters. The molecule has 234 valence electrons. The molecule has 0 aliphatic rings. The fourth-order valence-corrected chi connectivity index (χ4v) is 6.26. The monoisotopic (exact) mass is 634 g/mol. The van der Waals surface area contributed by atoms with Crippen molar-refractivity contribution in [1.82, 2.24) is 19.9 Å². The van der Waals surface area contributed by atoms with Gasteiger partial charge in [-0.3, -0.25) is 19.7 Å². The number of hydrogen-bond donors (Lipinski definition) is 2. The summed E-state index contributed by atoms with van der Waals surface area (Å²) >= 11 is 1.60. The number of hydrogen-bond acceptors (Lipinski definition) is 6. The number of fused-ring (bicyclic) bond motifs is 1. The average molecular weight is 635 g/mol. The Labute approximate surface area is 263 Å². The van der Waals surface area contributed by atoms with Gasteiger partial charge in [0.25, 0.3) is 0 Å². The SMILES string of the molecule is Cc1cnc(COc2ccc3[nH]c(C(Cc4ccc(-c5ccc(C(F)(F)F)cn5)cc4)C(=O)O)c(SC(C)(C)C)c3c2C)cn1. The minimum absolute atomic E-state index is 0.203. The van der Waals surface area contributed by atoms with Crippen LogP contribution in [-0.4, -0.2) is 35.8 Å². The van der Waals surface area contributed by atoms with Crippen LogP contribution in [0.2, 0.25) is 0 Å². The van der Waals surface area contributed by atoms with Crippen LogP contribution in [0, 0.1) is 13.8 Å². The van der Waals surface area contributed by atoms with E-state index in [0.717, 1.165) is 44.9 Å². The average Bonchev–Trinajstić information content (AvgIpc) is 3.33. The minimum atomic E-state index is -4.46. The molecule has 11 heteroatoms. The number of nitrogens with one attached hydrogen (secondary N) is 1. The van der Waals surface area contributed by atoms with Crippen molar-refractivity contribution in [3.8, 4) is 17.0 Å². The van der Waals surface area contributed by atoms with E-state index in [0.29, 0.717) is 28.4 Å². The van der Waals surface area contributed by atoms with Crippen LogP contribution in [0.25, 0.3) is 22.2 Å². The van der Waals surface area contributed by atoms with E-state index in [2.05, 4.69) is 40.7 Å². The van der Waals surface area contributed by atoms with E-state index < -0.39 is 23.6 Å². The zero-order valence-electron chi connectivity index (χ0n) is 25.5. The van der Waals surface area contributed by atoms with Gasteiger partial charge in [-0.2, -0.15) is 13.2 Å². The molecular weight excluding hydrogens is 601 g/mol. The van der Waals surface area contributed by atoms with Crippen LogP contribution in [0.4, 0.5) is 13.2 Å². The highest BCUT2D eigenvalue weighted by Gasteiger charge is 2.31. The van der Waals surface area contributed by atoms with Crippen LogP contribution in [0.5, 0.6) is 5.75 Å². The molecule has 0 spiro atoms. The van der Waals surface area contributed by atoms with Crippen molar-refractivity contribution in [2.75, 3.05) is 0 Å². The van der Waals surface area contributed by atoms with Crippen molar-refractivity contribution in [1.29, 1.82) is 0 Å². The molecule has 0 aliphatic carbocycles. The number of aromatic amines is 1. The second-order valence-corrected chi connectivity index (χ2v) is 13.7. The first-order chi connectivity index (χ1) is 21.2. The summed E-state index contributed by atoms with van der Waals surface area (Å²) in [6, 6.07) is 13.2. The van der Waals surface area contributed by atoms with Gasteiger partial charge in [-0.05, 0) is 50.1 Å². The molecule has 5 rings (SSSR count). The maximum Gasteiger partial charge on any atom is 0.417 e. The molecule has 2 aromatic carbocycles. The Balaban J connectivity index is 1.46. The number of pyridine rings is 1. The normalized spacial score (nSPS) is 12.8. The maximum atomic E-state index is 12.9. The number of alkyl halides is 3. The number of aliphatic carboxylic acids is 1. The molecule has 7 nitrogen and oxygen atoms in total. The second-order valence-electron chi connectivity index (χ2n) is 11.9. The first kappa shape index (κ1) is 32.0. The number of aromatic nitrogens is 4. The van der Waals surface area contributed by atoms with Gasteiger partial charge in [0.2, 0.25) is 0 Å². The van der Waals surface area contributed by atoms with E-state index in [9.17, 15) is 23.1 Å². The first-order valence-electron chi connectivity index (χ1n) is 14.3. The smallest absolute Gasteiger partial charge is 0.417 e. The van der Waals surface area contributed by atoms with Crippen molar-refractivity contribution in [3.05, 3.63) is 101 Å². The van der Waals surface area contributed by atoms with Gasteiger partial charge in [0.15, 0.2) is 0 Å². The van der Waals surface area contributed by atoms with Gasteiger partial charge >= 0.3 is 12.1 Å². The van der Waals surface area contributed by atoms with E-state index >= 15 is 0 Å². The lowest BCUT2D eigenvalue weighted by atomic mass is 9.95. The minimum Gasteiger partial charge on any atom is -0.487 e. The molecule has 0 aliphatic heterocycles. The van der Waals surface area contributed by atoms with Gasteiger partial charge < -0.3 is 14.8 Å². The van der Waals surface area contributed by atoms with E-state index in [-0.39, 0.29) is 17.8 Å². The quantitative estimate of drug-likeness (QED) is 0.157. The first-order valence-corrected chi connectivity index (χ1v) is 15.1. The molecule has 0 saturated heterocycles. The van der Waals surface area contributed by atoms with Crippen molar-refractivity contribution >= 4 is 28.6 Å². The van der Waals surface area contributed by atoms with Gasteiger partial charge in [0.1, 0.15) is 18.3 Å². The summed E-state index contributed by atoms with van der Waals surface area (Å²) in [5.41, 5.74) is 4.81. The van der Waals surface area contributed by atoms with E-state index in [1.807, 2.05) is 26.0 Å². The number of carboxylic acid groups (broad SMARTS) is 1. The summed E-state index contributed by atoms with van der Waals surface area (Å²) in [5.74, 6) is -1.19. The van der Waals surface area contributed by atoms with Gasteiger partial charge in [0.05, 0.1) is 28.8 Å². The van der Waals surface area contributed by atoms with Crippen molar-refractivity contribution in [3.63, 3.8) is 0 Å². The highest BCUT2D eigenvalue weighted by molar-refractivity contribution is 8.00. The van der Waals surface area contributed by atoms with Crippen molar-refractivity contribution in [2.24, 2.45) is 0 Å². The predicted molar refractivity (Wildman–Crippen MR) is 169 cm³/mol. The number of rotatable bonds is 9. The van der Waals surface area contributed by atoms with Crippen LogP contribution >= 0.6 is 11.8 Å². The topological polar surface area (TPSA) is 101 Å². The number of thioether (sulfide) groups is 1. The number of nitrogens with zero attached hydrogens (tertiary/aromatic N) is 3. The molecule has 3 aromatic heterocycles. The third kappa shape index (κ3) is 7.47. The highest BCUT2D eigenvalue weighted by Crippen LogP contribution is 2.45. The molecule has 45 heavy (non-hydrogen) atoms. The van der Waals surface area contributed by atoms with Crippen LogP contribution in [0.3, 0.4) is 0 Å². The van der Waals surface area contributed by atoms with Gasteiger partial charge in [0, 0.05) is 49.8 Å². The zero-order valence-corrected chi connectivity index (χ0v) is 26.3. The van der Waals surface area contributed by atoms with Crippen LogP contribution in [0.1, 0.15) is 60.5 Å². The summed E-state index contributed by atoms with van der Waals surface area (Å²) in [4.78, 5) is 29.6. The fraction of sp³-hybridized carbons (Fsp3) is 0.294. The molecule has 2 N–H and O–H groups in total. The molecule has 0 radical (unpaired) electrons.